The fourth-order valence-electron chi connectivity index (χ4n) is 2.71. The zero-order chi connectivity index (χ0) is 15.4. The maximum Gasteiger partial charge on any atom is 0.250 e. The van der Waals surface area contributed by atoms with Gasteiger partial charge in [-0.15, -0.1) is 12.4 Å². The lowest BCUT2D eigenvalue weighted by atomic mass is 10.0. The molecule has 1 unspecified atom stereocenters. The van der Waals surface area contributed by atoms with Crippen LogP contribution in [0.1, 0.15) is 5.56 Å². The predicted octanol–water partition coefficient (Wildman–Crippen LogP) is 1.87. The van der Waals surface area contributed by atoms with Crippen molar-refractivity contribution in [3.05, 3.63) is 42.0 Å². The number of amides is 1. The Morgan fingerprint density at radius 3 is 2.91 bits per heavy atom. The molecule has 2 aromatic carbocycles. The van der Waals surface area contributed by atoms with Crippen molar-refractivity contribution in [1.29, 1.82) is 0 Å². The Morgan fingerprint density at radius 2 is 2.17 bits per heavy atom. The van der Waals surface area contributed by atoms with Crippen LogP contribution in [0.25, 0.3) is 10.8 Å². The van der Waals surface area contributed by atoms with Crippen LogP contribution in [-0.4, -0.2) is 38.8 Å². The number of carbonyl (C=O) groups is 1. The van der Waals surface area contributed by atoms with Crippen LogP contribution in [0.15, 0.2) is 36.4 Å². The number of rotatable bonds is 4. The van der Waals surface area contributed by atoms with Gasteiger partial charge in [-0.1, -0.05) is 30.3 Å². The molecule has 2 aromatic rings. The SMILES string of the molecule is COc1ccc2ccccc2c1CNC(=O)C1CNCCO1.Cl. The van der Waals surface area contributed by atoms with Gasteiger partial charge in [0.05, 0.1) is 13.7 Å². The summed E-state index contributed by atoms with van der Waals surface area (Å²) in [5, 5.41) is 8.32. The third-order valence-electron chi connectivity index (χ3n) is 3.88. The van der Waals surface area contributed by atoms with E-state index in [1.54, 1.807) is 7.11 Å². The first-order valence-corrected chi connectivity index (χ1v) is 7.44. The molecule has 1 atom stereocenters. The van der Waals surface area contributed by atoms with Crippen LogP contribution in [0.2, 0.25) is 0 Å². The lowest BCUT2D eigenvalue weighted by Gasteiger charge is -2.23. The number of benzene rings is 2. The van der Waals surface area contributed by atoms with Crippen molar-refractivity contribution in [2.24, 2.45) is 0 Å². The van der Waals surface area contributed by atoms with E-state index in [9.17, 15) is 4.79 Å². The van der Waals surface area contributed by atoms with Crippen molar-refractivity contribution < 1.29 is 14.3 Å². The minimum absolute atomic E-state index is 0. The zero-order valence-electron chi connectivity index (χ0n) is 13.0. The Balaban J connectivity index is 0.00000192. The Kier molecular flexibility index (Phi) is 6.21. The second-order valence-corrected chi connectivity index (χ2v) is 5.25. The summed E-state index contributed by atoms with van der Waals surface area (Å²) >= 11 is 0. The number of halogens is 1. The van der Waals surface area contributed by atoms with Crippen LogP contribution >= 0.6 is 12.4 Å². The highest BCUT2D eigenvalue weighted by atomic mass is 35.5. The van der Waals surface area contributed by atoms with Crippen LogP contribution < -0.4 is 15.4 Å². The van der Waals surface area contributed by atoms with Crippen molar-refractivity contribution in [3.63, 3.8) is 0 Å². The lowest BCUT2D eigenvalue weighted by molar-refractivity contribution is -0.134. The number of carbonyl (C=O) groups excluding carboxylic acids is 1. The van der Waals surface area contributed by atoms with Crippen LogP contribution in [0.5, 0.6) is 5.75 Å². The fourth-order valence-corrected chi connectivity index (χ4v) is 2.71. The van der Waals surface area contributed by atoms with E-state index in [4.69, 9.17) is 9.47 Å². The topological polar surface area (TPSA) is 59.6 Å². The van der Waals surface area contributed by atoms with Gasteiger partial charge in [0.2, 0.25) is 0 Å². The van der Waals surface area contributed by atoms with Gasteiger partial charge < -0.3 is 20.1 Å². The van der Waals surface area contributed by atoms with Gasteiger partial charge in [0.25, 0.3) is 5.91 Å². The van der Waals surface area contributed by atoms with Gasteiger partial charge >= 0.3 is 0 Å². The number of ether oxygens (including phenoxy) is 2. The van der Waals surface area contributed by atoms with E-state index in [1.807, 2.05) is 36.4 Å². The van der Waals surface area contributed by atoms with Crippen molar-refractivity contribution >= 4 is 29.1 Å². The van der Waals surface area contributed by atoms with E-state index in [2.05, 4.69) is 10.6 Å². The first-order chi connectivity index (χ1) is 10.8. The number of morpholine rings is 1. The second-order valence-electron chi connectivity index (χ2n) is 5.25. The Labute approximate surface area is 141 Å². The summed E-state index contributed by atoms with van der Waals surface area (Å²) in [7, 11) is 1.64. The van der Waals surface area contributed by atoms with Crippen LogP contribution in [-0.2, 0) is 16.1 Å². The van der Waals surface area contributed by atoms with Gasteiger partial charge in [0.1, 0.15) is 11.9 Å². The largest absolute Gasteiger partial charge is 0.496 e. The molecule has 0 saturated carbocycles. The molecule has 0 aliphatic carbocycles. The predicted molar refractivity (Wildman–Crippen MR) is 92.2 cm³/mol. The summed E-state index contributed by atoms with van der Waals surface area (Å²) in [6.45, 7) is 2.33. The number of nitrogens with one attached hydrogen (secondary N) is 2. The molecule has 1 heterocycles. The molecule has 124 valence electrons. The third-order valence-corrected chi connectivity index (χ3v) is 3.88. The summed E-state index contributed by atoms with van der Waals surface area (Å²) < 4.78 is 10.9. The molecule has 6 heteroatoms. The molecule has 1 fully saturated rings. The second kappa shape index (κ2) is 8.15. The quantitative estimate of drug-likeness (QED) is 0.895. The van der Waals surface area contributed by atoms with Crippen molar-refractivity contribution in [1.82, 2.24) is 10.6 Å². The number of fused-ring (bicyclic) bond motifs is 1. The molecule has 3 rings (SSSR count). The highest BCUT2D eigenvalue weighted by molar-refractivity contribution is 5.88. The van der Waals surface area contributed by atoms with E-state index in [-0.39, 0.29) is 18.3 Å². The Bertz CT molecular complexity index is 672. The molecule has 1 aliphatic rings. The van der Waals surface area contributed by atoms with Crippen LogP contribution in [0.3, 0.4) is 0 Å². The molecule has 1 saturated heterocycles. The summed E-state index contributed by atoms with van der Waals surface area (Å²) in [4.78, 5) is 12.2. The molecule has 1 amide bonds. The number of hydrogen-bond acceptors (Lipinski definition) is 4. The monoisotopic (exact) mass is 336 g/mol. The number of hydrogen-bond donors (Lipinski definition) is 2. The van der Waals surface area contributed by atoms with Crippen molar-refractivity contribution in [2.45, 2.75) is 12.6 Å². The van der Waals surface area contributed by atoms with Gasteiger partial charge in [-0.3, -0.25) is 4.79 Å². The molecule has 1 aliphatic heterocycles. The van der Waals surface area contributed by atoms with Gasteiger partial charge in [-0.25, -0.2) is 0 Å². The molecule has 0 spiro atoms. The summed E-state index contributed by atoms with van der Waals surface area (Å²) in [6.07, 6.45) is -0.422. The van der Waals surface area contributed by atoms with Crippen molar-refractivity contribution in [2.75, 3.05) is 26.8 Å². The molecule has 2 N–H and O–H groups in total. The summed E-state index contributed by atoms with van der Waals surface area (Å²) in [6, 6.07) is 12.0. The Morgan fingerprint density at radius 1 is 1.35 bits per heavy atom. The first-order valence-electron chi connectivity index (χ1n) is 7.44. The third kappa shape index (κ3) is 3.93. The zero-order valence-corrected chi connectivity index (χ0v) is 13.8. The van der Waals surface area contributed by atoms with Gasteiger partial charge in [-0.05, 0) is 16.8 Å². The minimum Gasteiger partial charge on any atom is -0.496 e. The highest BCUT2D eigenvalue weighted by Gasteiger charge is 2.21. The Hall–Kier alpha value is -1.82. The molecule has 23 heavy (non-hydrogen) atoms. The first kappa shape index (κ1) is 17.5. The van der Waals surface area contributed by atoms with Gasteiger partial charge in [0.15, 0.2) is 0 Å². The summed E-state index contributed by atoms with van der Waals surface area (Å²) in [5.41, 5.74) is 0.984. The average Bonchev–Trinajstić information content (AvgIpc) is 2.60. The standard InChI is InChI=1S/C17H20N2O3.ClH/c1-21-15-7-6-12-4-2-3-5-13(12)14(15)10-19-17(20)16-11-18-8-9-22-16;/h2-7,16,18H,8-11H2,1H3,(H,19,20);1H. The van der Waals surface area contributed by atoms with E-state index in [1.165, 1.54) is 0 Å². The maximum absolute atomic E-state index is 12.2. The van der Waals surface area contributed by atoms with Crippen molar-refractivity contribution in [3.8, 4) is 5.75 Å². The average molecular weight is 337 g/mol. The van der Waals surface area contributed by atoms with Gasteiger partial charge in [0, 0.05) is 25.2 Å². The smallest absolute Gasteiger partial charge is 0.250 e. The minimum atomic E-state index is -0.422. The highest BCUT2D eigenvalue weighted by Crippen LogP contribution is 2.27. The maximum atomic E-state index is 12.2. The van der Waals surface area contributed by atoms with E-state index >= 15 is 0 Å². The van der Waals surface area contributed by atoms with E-state index in [0.29, 0.717) is 19.7 Å². The van der Waals surface area contributed by atoms with E-state index < -0.39 is 6.10 Å². The lowest BCUT2D eigenvalue weighted by Crippen LogP contribution is -2.47. The molecule has 0 aromatic heterocycles. The van der Waals surface area contributed by atoms with Crippen LogP contribution in [0, 0.1) is 0 Å². The van der Waals surface area contributed by atoms with Gasteiger partial charge in [-0.2, -0.15) is 0 Å². The number of methoxy groups -OCH3 is 1. The molecule has 0 radical (unpaired) electrons. The summed E-state index contributed by atoms with van der Waals surface area (Å²) in [5.74, 6) is 0.684. The van der Waals surface area contributed by atoms with Crippen LogP contribution in [0.4, 0.5) is 0 Å². The molecular weight excluding hydrogens is 316 g/mol. The normalized spacial score (nSPS) is 17.3. The van der Waals surface area contributed by atoms with E-state index in [0.717, 1.165) is 28.6 Å². The molecule has 5 nitrogen and oxygen atoms in total. The molecule has 0 bridgehead atoms. The molecular formula is C17H21ClN2O3. The fraction of sp³-hybridized carbons (Fsp3) is 0.353.